The van der Waals surface area contributed by atoms with E-state index in [9.17, 15) is 0 Å². The van der Waals surface area contributed by atoms with Crippen LogP contribution in [0.15, 0.2) is 16.7 Å². The minimum atomic E-state index is 0.585. The normalized spacial score (nSPS) is 19.7. The SMILES string of the molecule is CC(C)CNCc1ccoc1COCCC1CCCN1C. The van der Waals surface area contributed by atoms with Crippen molar-refractivity contribution in [1.82, 2.24) is 10.2 Å². The average Bonchev–Trinajstić information content (AvgIpc) is 3.04. The second kappa shape index (κ2) is 8.57. The Kier molecular flexibility index (Phi) is 6.74. The molecular weight excluding hydrogens is 264 g/mol. The number of ether oxygens (including phenoxy) is 1. The summed E-state index contributed by atoms with van der Waals surface area (Å²) in [5.74, 6) is 1.63. The molecule has 1 atom stereocenters. The molecule has 1 aromatic rings. The first-order chi connectivity index (χ1) is 10.2. The summed E-state index contributed by atoms with van der Waals surface area (Å²) in [5, 5.41) is 3.45. The number of hydrogen-bond donors (Lipinski definition) is 1. The third-order valence-electron chi connectivity index (χ3n) is 4.21. The molecular formula is C17H30N2O2. The minimum Gasteiger partial charge on any atom is -0.467 e. The molecule has 1 fully saturated rings. The van der Waals surface area contributed by atoms with Crippen molar-refractivity contribution >= 4 is 0 Å². The second-order valence-electron chi connectivity index (χ2n) is 6.51. The summed E-state index contributed by atoms with van der Waals surface area (Å²) >= 11 is 0. The maximum Gasteiger partial charge on any atom is 0.133 e. The molecule has 1 saturated heterocycles. The molecule has 120 valence electrons. The smallest absolute Gasteiger partial charge is 0.133 e. The maximum atomic E-state index is 5.81. The standard InChI is InChI=1S/C17H30N2O2/c1-14(2)11-18-12-15-6-10-21-17(15)13-20-9-7-16-5-4-8-19(16)3/h6,10,14,16,18H,4-5,7-9,11-13H2,1-3H3. The van der Waals surface area contributed by atoms with Crippen LogP contribution in [0.5, 0.6) is 0 Å². The molecule has 1 aliphatic heterocycles. The van der Waals surface area contributed by atoms with Gasteiger partial charge in [0.25, 0.3) is 0 Å². The summed E-state index contributed by atoms with van der Waals surface area (Å²) in [4.78, 5) is 2.44. The molecule has 4 heteroatoms. The molecule has 2 heterocycles. The highest BCUT2D eigenvalue weighted by atomic mass is 16.5. The fraction of sp³-hybridized carbons (Fsp3) is 0.765. The van der Waals surface area contributed by atoms with E-state index in [0.717, 1.165) is 31.9 Å². The summed E-state index contributed by atoms with van der Waals surface area (Å²) in [6.45, 7) is 8.95. The van der Waals surface area contributed by atoms with Crippen molar-refractivity contribution in [3.8, 4) is 0 Å². The van der Waals surface area contributed by atoms with Gasteiger partial charge in [0, 0.05) is 24.8 Å². The third-order valence-corrected chi connectivity index (χ3v) is 4.21. The Balaban J connectivity index is 1.65. The van der Waals surface area contributed by atoms with Gasteiger partial charge in [0.05, 0.1) is 6.26 Å². The number of rotatable bonds is 9. The lowest BCUT2D eigenvalue weighted by Crippen LogP contribution is -2.26. The van der Waals surface area contributed by atoms with E-state index < -0.39 is 0 Å². The summed E-state index contributed by atoms with van der Waals surface area (Å²) in [7, 11) is 2.21. The topological polar surface area (TPSA) is 37.6 Å². The van der Waals surface area contributed by atoms with Crippen LogP contribution in [0.3, 0.4) is 0 Å². The second-order valence-corrected chi connectivity index (χ2v) is 6.51. The van der Waals surface area contributed by atoms with Crippen LogP contribution in [-0.2, 0) is 17.9 Å². The summed E-state index contributed by atoms with van der Waals surface area (Å²) < 4.78 is 11.3. The predicted molar refractivity (Wildman–Crippen MR) is 85.2 cm³/mol. The van der Waals surface area contributed by atoms with Gasteiger partial charge in [-0.1, -0.05) is 13.8 Å². The van der Waals surface area contributed by atoms with Gasteiger partial charge in [0.15, 0.2) is 0 Å². The van der Waals surface area contributed by atoms with E-state index in [2.05, 4.69) is 31.1 Å². The van der Waals surface area contributed by atoms with E-state index in [1.54, 1.807) is 6.26 Å². The van der Waals surface area contributed by atoms with Crippen LogP contribution < -0.4 is 5.32 Å². The minimum absolute atomic E-state index is 0.585. The van der Waals surface area contributed by atoms with Crippen LogP contribution in [0.2, 0.25) is 0 Å². The Bertz CT molecular complexity index is 403. The van der Waals surface area contributed by atoms with E-state index >= 15 is 0 Å². The Labute approximate surface area is 128 Å². The number of nitrogens with one attached hydrogen (secondary N) is 1. The first-order valence-electron chi connectivity index (χ1n) is 8.20. The third kappa shape index (κ3) is 5.46. The van der Waals surface area contributed by atoms with Crippen LogP contribution in [0.1, 0.15) is 44.4 Å². The highest BCUT2D eigenvalue weighted by Gasteiger charge is 2.20. The van der Waals surface area contributed by atoms with Crippen LogP contribution in [0, 0.1) is 5.92 Å². The fourth-order valence-electron chi connectivity index (χ4n) is 2.87. The molecule has 0 radical (unpaired) electrons. The van der Waals surface area contributed by atoms with Crippen molar-refractivity contribution in [3.05, 3.63) is 23.7 Å². The van der Waals surface area contributed by atoms with Crippen molar-refractivity contribution < 1.29 is 9.15 Å². The van der Waals surface area contributed by atoms with Gasteiger partial charge >= 0.3 is 0 Å². The quantitative estimate of drug-likeness (QED) is 0.710. The molecule has 4 nitrogen and oxygen atoms in total. The van der Waals surface area contributed by atoms with Crippen LogP contribution in [-0.4, -0.2) is 37.7 Å². The Morgan fingerprint density at radius 1 is 1.48 bits per heavy atom. The predicted octanol–water partition coefficient (Wildman–Crippen LogP) is 3.03. The van der Waals surface area contributed by atoms with Crippen molar-refractivity contribution in [2.75, 3.05) is 26.7 Å². The zero-order valence-corrected chi connectivity index (χ0v) is 13.7. The van der Waals surface area contributed by atoms with E-state index in [1.807, 2.05) is 6.07 Å². The molecule has 0 bridgehead atoms. The Hall–Kier alpha value is -0.840. The molecule has 0 saturated carbocycles. The molecule has 21 heavy (non-hydrogen) atoms. The van der Waals surface area contributed by atoms with Gasteiger partial charge in [-0.25, -0.2) is 0 Å². The first-order valence-corrected chi connectivity index (χ1v) is 8.20. The van der Waals surface area contributed by atoms with Crippen LogP contribution >= 0.6 is 0 Å². The van der Waals surface area contributed by atoms with Crippen molar-refractivity contribution in [3.63, 3.8) is 0 Å². The zero-order valence-electron chi connectivity index (χ0n) is 13.7. The largest absolute Gasteiger partial charge is 0.467 e. The number of hydrogen-bond acceptors (Lipinski definition) is 4. The number of nitrogens with zero attached hydrogens (tertiary/aromatic N) is 1. The van der Waals surface area contributed by atoms with E-state index in [-0.39, 0.29) is 0 Å². The van der Waals surface area contributed by atoms with Crippen molar-refractivity contribution in [2.45, 2.75) is 52.3 Å². The highest BCUT2D eigenvalue weighted by Crippen LogP contribution is 2.18. The highest BCUT2D eigenvalue weighted by molar-refractivity contribution is 5.16. The van der Waals surface area contributed by atoms with E-state index in [4.69, 9.17) is 9.15 Å². The molecule has 1 unspecified atom stereocenters. The van der Waals surface area contributed by atoms with Gasteiger partial charge < -0.3 is 19.4 Å². The van der Waals surface area contributed by atoms with Gasteiger partial charge in [-0.3, -0.25) is 0 Å². The fourth-order valence-corrected chi connectivity index (χ4v) is 2.87. The Morgan fingerprint density at radius 2 is 2.33 bits per heavy atom. The monoisotopic (exact) mass is 294 g/mol. The van der Waals surface area contributed by atoms with Gasteiger partial charge in [0.1, 0.15) is 12.4 Å². The lowest BCUT2D eigenvalue weighted by Gasteiger charge is -2.18. The molecule has 0 spiro atoms. The maximum absolute atomic E-state index is 5.81. The number of likely N-dealkylation sites (tertiary alicyclic amines) is 1. The van der Waals surface area contributed by atoms with Gasteiger partial charge in [-0.15, -0.1) is 0 Å². The average molecular weight is 294 g/mol. The molecule has 0 amide bonds. The molecule has 1 aromatic heterocycles. The summed E-state index contributed by atoms with van der Waals surface area (Å²) in [6, 6.07) is 2.74. The van der Waals surface area contributed by atoms with E-state index in [1.165, 1.54) is 24.9 Å². The molecule has 2 rings (SSSR count). The lowest BCUT2D eigenvalue weighted by atomic mass is 10.1. The summed E-state index contributed by atoms with van der Waals surface area (Å²) in [6.07, 6.45) is 5.52. The van der Waals surface area contributed by atoms with Crippen molar-refractivity contribution in [2.24, 2.45) is 5.92 Å². The first kappa shape index (κ1) is 16.5. The number of furan rings is 1. The molecule has 1 aliphatic rings. The van der Waals surface area contributed by atoms with Crippen LogP contribution in [0.25, 0.3) is 0 Å². The Morgan fingerprint density at radius 3 is 3.05 bits per heavy atom. The van der Waals surface area contributed by atoms with Crippen molar-refractivity contribution in [1.29, 1.82) is 0 Å². The molecule has 0 aliphatic carbocycles. The lowest BCUT2D eigenvalue weighted by molar-refractivity contribution is 0.0887. The summed E-state index contributed by atoms with van der Waals surface area (Å²) in [5.41, 5.74) is 1.22. The van der Waals surface area contributed by atoms with Crippen LogP contribution in [0.4, 0.5) is 0 Å². The molecule has 0 aromatic carbocycles. The van der Waals surface area contributed by atoms with Gasteiger partial charge in [-0.2, -0.15) is 0 Å². The zero-order chi connectivity index (χ0) is 15.1. The molecule has 1 N–H and O–H groups in total. The van der Waals surface area contributed by atoms with Gasteiger partial charge in [0.2, 0.25) is 0 Å². The van der Waals surface area contributed by atoms with E-state index in [0.29, 0.717) is 18.6 Å². The van der Waals surface area contributed by atoms with Gasteiger partial charge in [-0.05, 0) is 51.4 Å².